The van der Waals surface area contributed by atoms with Crippen molar-refractivity contribution >= 4 is 22.9 Å². The zero-order valence-electron chi connectivity index (χ0n) is 7.79. The van der Waals surface area contributed by atoms with Crippen LogP contribution in [0, 0.1) is 0 Å². The van der Waals surface area contributed by atoms with Gasteiger partial charge in [0, 0.05) is 18.0 Å². The maximum absolute atomic E-state index is 5.96. The molecule has 4 heteroatoms. The van der Waals surface area contributed by atoms with E-state index in [4.69, 9.17) is 22.1 Å². The fourth-order valence-electron chi connectivity index (χ4n) is 1.13. The zero-order chi connectivity index (χ0) is 9.84. The van der Waals surface area contributed by atoms with E-state index in [-0.39, 0.29) is 12.1 Å². The van der Waals surface area contributed by atoms with Crippen LogP contribution in [0.15, 0.2) is 11.4 Å². The van der Waals surface area contributed by atoms with Crippen LogP contribution in [0.25, 0.3) is 0 Å². The van der Waals surface area contributed by atoms with Gasteiger partial charge in [0.2, 0.25) is 0 Å². The van der Waals surface area contributed by atoms with Gasteiger partial charge in [-0.05, 0) is 24.8 Å². The normalized spacial score (nSPS) is 15.7. The van der Waals surface area contributed by atoms with Crippen LogP contribution in [-0.4, -0.2) is 13.2 Å². The van der Waals surface area contributed by atoms with E-state index in [1.807, 2.05) is 18.4 Å². The molecule has 74 valence electrons. The van der Waals surface area contributed by atoms with Gasteiger partial charge < -0.3 is 10.5 Å². The van der Waals surface area contributed by atoms with Gasteiger partial charge in [-0.1, -0.05) is 11.6 Å². The second-order valence-corrected chi connectivity index (χ2v) is 4.38. The molecule has 1 aromatic heterocycles. The first kappa shape index (κ1) is 11.0. The fourth-order valence-corrected chi connectivity index (χ4v) is 2.34. The van der Waals surface area contributed by atoms with Crippen molar-refractivity contribution < 1.29 is 4.74 Å². The van der Waals surface area contributed by atoms with Crippen molar-refractivity contribution in [3.05, 3.63) is 21.3 Å². The minimum Gasteiger partial charge on any atom is -0.382 e. The molecular weight excluding hydrogens is 206 g/mol. The molecule has 0 saturated heterocycles. The van der Waals surface area contributed by atoms with Crippen LogP contribution in [0.4, 0.5) is 0 Å². The van der Waals surface area contributed by atoms with Crippen LogP contribution in [0.1, 0.15) is 24.3 Å². The van der Waals surface area contributed by atoms with Gasteiger partial charge in [0.05, 0.1) is 11.1 Å². The SMILES string of the molecule is COC(C)CC(N)c1sccc1Cl. The highest BCUT2D eigenvalue weighted by Gasteiger charge is 2.14. The molecule has 0 spiro atoms. The van der Waals surface area contributed by atoms with Gasteiger partial charge in [0.1, 0.15) is 0 Å². The largest absolute Gasteiger partial charge is 0.382 e. The quantitative estimate of drug-likeness (QED) is 0.845. The Labute approximate surface area is 87.7 Å². The second kappa shape index (κ2) is 4.96. The van der Waals surface area contributed by atoms with Crippen molar-refractivity contribution in [2.24, 2.45) is 5.73 Å². The third kappa shape index (κ3) is 2.95. The van der Waals surface area contributed by atoms with Crippen LogP contribution in [0.3, 0.4) is 0 Å². The average Bonchev–Trinajstić information content (AvgIpc) is 2.51. The Morgan fingerprint density at radius 3 is 2.85 bits per heavy atom. The molecule has 0 aliphatic heterocycles. The molecule has 1 rings (SSSR count). The number of ether oxygens (including phenoxy) is 1. The first-order valence-electron chi connectivity index (χ1n) is 4.16. The molecule has 1 heterocycles. The summed E-state index contributed by atoms with van der Waals surface area (Å²) in [6.07, 6.45) is 0.977. The molecule has 13 heavy (non-hydrogen) atoms. The van der Waals surface area contributed by atoms with E-state index in [0.717, 1.165) is 16.3 Å². The number of halogens is 1. The molecule has 2 atom stereocenters. The highest BCUT2D eigenvalue weighted by atomic mass is 35.5. The van der Waals surface area contributed by atoms with Gasteiger partial charge in [-0.3, -0.25) is 0 Å². The predicted molar refractivity (Wildman–Crippen MR) is 57.3 cm³/mol. The lowest BCUT2D eigenvalue weighted by molar-refractivity contribution is 0.105. The average molecular weight is 220 g/mol. The molecule has 0 radical (unpaired) electrons. The lowest BCUT2D eigenvalue weighted by atomic mass is 10.1. The van der Waals surface area contributed by atoms with E-state index < -0.39 is 0 Å². The highest BCUT2D eigenvalue weighted by molar-refractivity contribution is 7.10. The molecule has 0 aliphatic carbocycles. The van der Waals surface area contributed by atoms with Crippen LogP contribution in [0.2, 0.25) is 5.02 Å². The van der Waals surface area contributed by atoms with E-state index in [1.54, 1.807) is 18.4 Å². The Balaban J connectivity index is 2.58. The van der Waals surface area contributed by atoms with Crippen LogP contribution >= 0.6 is 22.9 Å². The van der Waals surface area contributed by atoms with Crippen molar-refractivity contribution in [3.63, 3.8) is 0 Å². The summed E-state index contributed by atoms with van der Waals surface area (Å²) in [5.41, 5.74) is 5.96. The maximum atomic E-state index is 5.96. The molecular formula is C9H14ClNOS. The maximum Gasteiger partial charge on any atom is 0.0561 e. The van der Waals surface area contributed by atoms with Gasteiger partial charge in [-0.15, -0.1) is 11.3 Å². The van der Waals surface area contributed by atoms with Gasteiger partial charge >= 0.3 is 0 Å². The van der Waals surface area contributed by atoms with Crippen molar-refractivity contribution in [1.29, 1.82) is 0 Å². The van der Waals surface area contributed by atoms with Crippen molar-refractivity contribution in [2.75, 3.05) is 7.11 Å². The first-order valence-corrected chi connectivity index (χ1v) is 5.42. The number of nitrogens with two attached hydrogens (primary N) is 1. The van der Waals surface area contributed by atoms with Crippen molar-refractivity contribution in [3.8, 4) is 0 Å². The number of rotatable bonds is 4. The summed E-state index contributed by atoms with van der Waals surface area (Å²) >= 11 is 7.55. The third-order valence-electron chi connectivity index (χ3n) is 1.97. The first-order chi connectivity index (χ1) is 6.15. The zero-order valence-corrected chi connectivity index (χ0v) is 9.36. The predicted octanol–water partition coefficient (Wildman–Crippen LogP) is 2.83. The number of methoxy groups -OCH3 is 1. The molecule has 0 aliphatic rings. The lowest BCUT2D eigenvalue weighted by Crippen LogP contribution is -2.17. The van der Waals surface area contributed by atoms with Gasteiger partial charge in [0.25, 0.3) is 0 Å². The molecule has 2 N–H and O–H groups in total. The summed E-state index contributed by atoms with van der Waals surface area (Å²) in [4.78, 5) is 1.05. The summed E-state index contributed by atoms with van der Waals surface area (Å²) in [5.74, 6) is 0. The Morgan fingerprint density at radius 2 is 2.38 bits per heavy atom. The molecule has 0 saturated carbocycles. The Morgan fingerprint density at radius 1 is 1.69 bits per heavy atom. The summed E-state index contributed by atoms with van der Waals surface area (Å²) < 4.78 is 5.14. The Hall–Kier alpha value is -0.0900. The van der Waals surface area contributed by atoms with E-state index in [2.05, 4.69) is 0 Å². The molecule has 0 fully saturated rings. The van der Waals surface area contributed by atoms with E-state index in [1.165, 1.54) is 0 Å². The van der Waals surface area contributed by atoms with Gasteiger partial charge in [-0.2, -0.15) is 0 Å². The standard InChI is InChI=1S/C9H14ClNOS/c1-6(12-2)5-8(11)9-7(10)3-4-13-9/h3-4,6,8H,5,11H2,1-2H3. The molecule has 1 aromatic rings. The van der Waals surface area contributed by atoms with E-state index >= 15 is 0 Å². The second-order valence-electron chi connectivity index (χ2n) is 3.02. The lowest BCUT2D eigenvalue weighted by Gasteiger charge is -2.15. The van der Waals surface area contributed by atoms with Gasteiger partial charge in [0.15, 0.2) is 0 Å². The Kier molecular flexibility index (Phi) is 4.19. The van der Waals surface area contributed by atoms with Crippen LogP contribution in [-0.2, 0) is 4.74 Å². The van der Waals surface area contributed by atoms with Crippen LogP contribution < -0.4 is 5.73 Å². The molecule has 2 nitrogen and oxygen atoms in total. The Bertz CT molecular complexity index is 264. The number of thiophene rings is 1. The number of hydrogen-bond acceptors (Lipinski definition) is 3. The van der Waals surface area contributed by atoms with Gasteiger partial charge in [-0.25, -0.2) is 0 Å². The topological polar surface area (TPSA) is 35.2 Å². The molecule has 0 aromatic carbocycles. The molecule has 2 unspecified atom stereocenters. The minimum atomic E-state index is -0.0116. The van der Waals surface area contributed by atoms with Crippen molar-refractivity contribution in [1.82, 2.24) is 0 Å². The fraction of sp³-hybridized carbons (Fsp3) is 0.556. The summed E-state index contributed by atoms with van der Waals surface area (Å²) in [6.45, 7) is 2.00. The highest BCUT2D eigenvalue weighted by Crippen LogP contribution is 2.29. The summed E-state index contributed by atoms with van der Waals surface area (Å²) in [7, 11) is 1.69. The van der Waals surface area contributed by atoms with E-state index in [9.17, 15) is 0 Å². The third-order valence-corrected chi connectivity index (χ3v) is 3.46. The van der Waals surface area contributed by atoms with Crippen LogP contribution in [0.5, 0.6) is 0 Å². The molecule has 0 bridgehead atoms. The molecule has 0 amide bonds. The van der Waals surface area contributed by atoms with Crippen molar-refractivity contribution in [2.45, 2.75) is 25.5 Å². The smallest absolute Gasteiger partial charge is 0.0561 e. The minimum absolute atomic E-state index is 0.0116. The summed E-state index contributed by atoms with van der Waals surface area (Å²) in [6, 6.07) is 1.86. The monoisotopic (exact) mass is 219 g/mol. The summed E-state index contributed by atoms with van der Waals surface area (Å²) in [5, 5.41) is 2.72. The number of hydrogen-bond donors (Lipinski definition) is 1. The van der Waals surface area contributed by atoms with E-state index in [0.29, 0.717) is 0 Å².